The zero-order valence-electron chi connectivity index (χ0n) is 10.1. The van der Waals surface area contributed by atoms with E-state index in [9.17, 15) is 0 Å². The van der Waals surface area contributed by atoms with Gasteiger partial charge in [0.15, 0.2) is 0 Å². The monoisotopic (exact) mass is 200 g/mol. The third-order valence-electron chi connectivity index (χ3n) is 3.60. The molecule has 1 aliphatic carbocycles. The minimum Gasteiger partial charge on any atom is -0.378 e. The van der Waals surface area contributed by atoms with E-state index in [0.29, 0.717) is 6.10 Å². The Kier molecular flexibility index (Phi) is 3.24. The normalized spacial score (nSPS) is 35.8. The van der Waals surface area contributed by atoms with E-state index < -0.39 is 0 Å². The summed E-state index contributed by atoms with van der Waals surface area (Å²) in [6.45, 7) is 8.18. The summed E-state index contributed by atoms with van der Waals surface area (Å²) < 4.78 is 5.67. The Balaban J connectivity index is 2.60. The van der Waals surface area contributed by atoms with Crippen molar-refractivity contribution in [3.63, 3.8) is 0 Å². The summed E-state index contributed by atoms with van der Waals surface area (Å²) in [5, 5.41) is 0. The van der Waals surface area contributed by atoms with Crippen LogP contribution in [0.4, 0.5) is 0 Å². The molecule has 0 bridgehead atoms. The van der Waals surface area contributed by atoms with Gasteiger partial charge >= 0.3 is 0 Å². The Bertz CT molecular complexity index is 203. The summed E-state index contributed by atoms with van der Waals surface area (Å²) in [6, 6.07) is 0. The maximum Gasteiger partial charge on any atom is 0.0662 e. The van der Waals surface area contributed by atoms with E-state index in [0.717, 1.165) is 19.6 Å². The lowest BCUT2D eigenvalue weighted by Crippen LogP contribution is -2.73. The molecule has 2 unspecified atom stereocenters. The molecule has 84 valence electrons. The molecule has 2 atom stereocenters. The van der Waals surface area contributed by atoms with Gasteiger partial charge in [0, 0.05) is 24.1 Å². The second-order valence-corrected chi connectivity index (χ2v) is 5.26. The van der Waals surface area contributed by atoms with E-state index in [1.165, 1.54) is 0 Å². The fourth-order valence-corrected chi connectivity index (χ4v) is 2.34. The van der Waals surface area contributed by atoms with E-state index >= 15 is 0 Å². The van der Waals surface area contributed by atoms with E-state index in [2.05, 4.69) is 32.8 Å². The van der Waals surface area contributed by atoms with Crippen LogP contribution >= 0.6 is 0 Å². The number of ether oxygens (including phenoxy) is 1. The van der Waals surface area contributed by atoms with Crippen LogP contribution in [0.5, 0.6) is 0 Å². The average molecular weight is 200 g/mol. The van der Waals surface area contributed by atoms with Crippen molar-refractivity contribution in [3.05, 3.63) is 0 Å². The van der Waals surface area contributed by atoms with E-state index in [1.54, 1.807) is 0 Å². The van der Waals surface area contributed by atoms with Crippen LogP contribution in [0.15, 0.2) is 0 Å². The van der Waals surface area contributed by atoms with Crippen molar-refractivity contribution < 1.29 is 4.74 Å². The molecule has 1 saturated carbocycles. The van der Waals surface area contributed by atoms with Gasteiger partial charge in [-0.3, -0.25) is 0 Å². The zero-order valence-corrected chi connectivity index (χ0v) is 10.1. The molecular formula is C11H24N2O. The molecule has 0 aromatic carbocycles. The highest BCUT2D eigenvalue weighted by Crippen LogP contribution is 2.49. The van der Waals surface area contributed by atoms with Gasteiger partial charge in [-0.05, 0) is 27.4 Å². The summed E-state index contributed by atoms with van der Waals surface area (Å²) in [5.74, 6) is 0. The number of rotatable bonds is 4. The molecule has 1 aliphatic rings. The van der Waals surface area contributed by atoms with Crippen LogP contribution in [0, 0.1) is 5.41 Å². The highest BCUT2D eigenvalue weighted by molar-refractivity contribution is 5.14. The lowest BCUT2D eigenvalue weighted by Gasteiger charge is -2.60. The number of hydrogen-bond donors (Lipinski definition) is 1. The molecule has 0 heterocycles. The first kappa shape index (κ1) is 12.0. The summed E-state index contributed by atoms with van der Waals surface area (Å²) in [4.78, 5) is 2.16. The van der Waals surface area contributed by atoms with Crippen LogP contribution in [0.1, 0.15) is 27.2 Å². The van der Waals surface area contributed by atoms with Gasteiger partial charge in [0.25, 0.3) is 0 Å². The lowest BCUT2D eigenvalue weighted by molar-refractivity contribution is -0.154. The maximum atomic E-state index is 6.38. The van der Waals surface area contributed by atoms with Crippen molar-refractivity contribution in [1.82, 2.24) is 4.90 Å². The second kappa shape index (κ2) is 3.80. The SMILES string of the molecule is CCOC1CC(N)(CN(C)C)C1(C)C. The quantitative estimate of drug-likeness (QED) is 0.738. The largest absolute Gasteiger partial charge is 0.378 e. The number of nitrogens with zero attached hydrogens (tertiary/aromatic N) is 1. The molecule has 0 amide bonds. The summed E-state index contributed by atoms with van der Waals surface area (Å²) in [6.07, 6.45) is 1.31. The van der Waals surface area contributed by atoms with Gasteiger partial charge in [-0.25, -0.2) is 0 Å². The molecular weight excluding hydrogens is 176 g/mol. The molecule has 0 radical (unpaired) electrons. The molecule has 0 aromatic rings. The Morgan fingerprint density at radius 1 is 1.43 bits per heavy atom. The maximum absolute atomic E-state index is 6.38. The first-order valence-electron chi connectivity index (χ1n) is 5.38. The summed E-state index contributed by atoms with van der Waals surface area (Å²) >= 11 is 0. The van der Waals surface area contributed by atoms with Crippen molar-refractivity contribution in [2.24, 2.45) is 11.1 Å². The minimum absolute atomic E-state index is 0.0870. The molecule has 0 aromatic heterocycles. The first-order chi connectivity index (χ1) is 6.33. The van der Waals surface area contributed by atoms with Crippen molar-refractivity contribution in [2.45, 2.75) is 38.8 Å². The fourth-order valence-electron chi connectivity index (χ4n) is 2.34. The fraction of sp³-hybridized carbons (Fsp3) is 1.00. The Morgan fingerprint density at radius 2 is 2.00 bits per heavy atom. The minimum atomic E-state index is -0.0870. The number of nitrogens with two attached hydrogens (primary N) is 1. The molecule has 0 aliphatic heterocycles. The van der Waals surface area contributed by atoms with E-state index in [4.69, 9.17) is 10.5 Å². The molecule has 14 heavy (non-hydrogen) atoms. The molecule has 3 heteroatoms. The highest BCUT2D eigenvalue weighted by Gasteiger charge is 2.58. The predicted octanol–water partition coefficient (Wildman–Crippen LogP) is 1.08. The van der Waals surface area contributed by atoms with Crippen molar-refractivity contribution >= 4 is 0 Å². The molecule has 0 spiro atoms. The molecule has 1 fully saturated rings. The van der Waals surface area contributed by atoms with Crippen LogP contribution < -0.4 is 5.73 Å². The van der Waals surface area contributed by atoms with Crippen LogP contribution in [0.25, 0.3) is 0 Å². The average Bonchev–Trinajstić information content (AvgIpc) is 2.02. The van der Waals surface area contributed by atoms with Crippen molar-refractivity contribution in [3.8, 4) is 0 Å². The Labute approximate surface area is 87.6 Å². The lowest BCUT2D eigenvalue weighted by atomic mass is 9.54. The standard InChI is InChI=1S/C11H24N2O/c1-6-14-9-7-11(12,8-13(4)5)10(9,2)3/h9H,6-8,12H2,1-5H3. The van der Waals surface area contributed by atoms with Crippen LogP contribution in [-0.4, -0.2) is 43.8 Å². The number of hydrogen-bond acceptors (Lipinski definition) is 3. The second-order valence-electron chi connectivity index (χ2n) is 5.26. The van der Waals surface area contributed by atoms with E-state index in [-0.39, 0.29) is 11.0 Å². The third kappa shape index (κ3) is 1.81. The van der Waals surface area contributed by atoms with Gasteiger partial charge in [0.2, 0.25) is 0 Å². The predicted molar refractivity (Wildman–Crippen MR) is 59.3 cm³/mol. The van der Waals surface area contributed by atoms with Gasteiger partial charge in [0.05, 0.1) is 6.10 Å². The summed E-state index contributed by atoms with van der Waals surface area (Å²) in [7, 11) is 4.14. The molecule has 3 nitrogen and oxygen atoms in total. The van der Waals surface area contributed by atoms with Gasteiger partial charge in [-0.1, -0.05) is 13.8 Å². The van der Waals surface area contributed by atoms with Crippen LogP contribution in [0.2, 0.25) is 0 Å². The van der Waals surface area contributed by atoms with Gasteiger partial charge < -0.3 is 15.4 Å². The Hall–Kier alpha value is -0.120. The van der Waals surface area contributed by atoms with E-state index in [1.807, 2.05) is 6.92 Å². The Morgan fingerprint density at radius 3 is 2.36 bits per heavy atom. The van der Waals surface area contributed by atoms with Crippen molar-refractivity contribution in [2.75, 3.05) is 27.2 Å². The summed E-state index contributed by atoms with van der Waals surface area (Å²) in [5.41, 5.74) is 6.38. The van der Waals surface area contributed by atoms with Gasteiger partial charge in [0.1, 0.15) is 0 Å². The first-order valence-corrected chi connectivity index (χ1v) is 5.38. The molecule has 2 N–H and O–H groups in total. The van der Waals surface area contributed by atoms with Crippen molar-refractivity contribution in [1.29, 1.82) is 0 Å². The van der Waals surface area contributed by atoms with Crippen LogP contribution in [0.3, 0.4) is 0 Å². The smallest absolute Gasteiger partial charge is 0.0662 e. The topological polar surface area (TPSA) is 38.5 Å². The molecule has 0 saturated heterocycles. The number of likely N-dealkylation sites (N-methyl/N-ethyl adjacent to an activating group) is 1. The zero-order chi connectivity index (χ0) is 11.0. The highest BCUT2D eigenvalue weighted by atomic mass is 16.5. The molecule has 1 rings (SSSR count). The third-order valence-corrected chi connectivity index (χ3v) is 3.60. The van der Waals surface area contributed by atoms with Gasteiger partial charge in [-0.2, -0.15) is 0 Å². The van der Waals surface area contributed by atoms with Gasteiger partial charge in [-0.15, -0.1) is 0 Å². The van der Waals surface area contributed by atoms with Crippen LogP contribution in [-0.2, 0) is 4.74 Å².